The number of nitrogens with zero attached hydrogens (tertiary/aromatic N) is 2. The second-order valence-corrected chi connectivity index (χ2v) is 4.85. The smallest absolute Gasteiger partial charge is 0.227 e. The number of para-hydroxylation sites is 1. The van der Waals surface area contributed by atoms with E-state index < -0.39 is 0 Å². The maximum atomic E-state index is 12.3. The lowest BCUT2D eigenvalue weighted by molar-refractivity contribution is -0.118. The maximum Gasteiger partial charge on any atom is 0.227 e. The summed E-state index contributed by atoms with van der Waals surface area (Å²) in [5.41, 5.74) is 3.38. The van der Waals surface area contributed by atoms with Crippen LogP contribution in [0.1, 0.15) is 24.1 Å². The molecule has 0 radical (unpaired) electrons. The number of amides is 1. The summed E-state index contributed by atoms with van der Waals surface area (Å²) in [5.74, 6) is 0.196. The molecule has 0 aliphatic carbocycles. The van der Waals surface area contributed by atoms with Gasteiger partial charge >= 0.3 is 0 Å². The topological polar surface area (TPSA) is 49.0 Å². The number of aryl methyl sites for hydroxylation is 2. The highest BCUT2D eigenvalue weighted by Gasteiger charge is 2.21. The molecule has 0 unspecified atom stereocenters. The van der Waals surface area contributed by atoms with Crippen molar-refractivity contribution >= 4 is 11.6 Å². The van der Waals surface area contributed by atoms with Gasteiger partial charge in [-0.25, -0.2) is 4.98 Å². The summed E-state index contributed by atoms with van der Waals surface area (Å²) in [7, 11) is 0. The molecule has 1 aliphatic rings. The number of imidazole rings is 1. The summed E-state index contributed by atoms with van der Waals surface area (Å²) in [6, 6.07) is 8.20. The first-order valence-corrected chi connectivity index (χ1v) is 6.70. The van der Waals surface area contributed by atoms with E-state index in [1.807, 2.05) is 23.1 Å². The summed E-state index contributed by atoms with van der Waals surface area (Å²) in [4.78, 5) is 21.3. The van der Waals surface area contributed by atoms with Gasteiger partial charge in [0.05, 0.1) is 6.33 Å². The van der Waals surface area contributed by atoms with Crippen LogP contribution in [0.3, 0.4) is 0 Å². The lowest BCUT2D eigenvalue weighted by Gasteiger charge is -2.29. The Morgan fingerprint density at radius 1 is 1.37 bits per heavy atom. The minimum atomic E-state index is 0.196. The van der Waals surface area contributed by atoms with E-state index in [2.05, 4.69) is 16.0 Å². The van der Waals surface area contributed by atoms with Gasteiger partial charge in [-0.15, -0.1) is 0 Å². The van der Waals surface area contributed by atoms with Crippen molar-refractivity contribution in [3.05, 3.63) is 48.0 Å². The fourth-order valence-electron chi connectivity index (χ4n) is 2.59. The lowest BCUT2D eigenvalue weighted by Crippen LogP contribution is -2.35. The van der Waals surface area contributed by atoms with Crippen molar-refractivity contribution in [1.29, 1.82) is 0 Å². The van der Waals surface area contributed by atoms with E-state index in [-0.39, 0.29) is 5.91 Å². The van der Waals surface area contributed by atoms with Crippen LogP contribution in [0, 0.1) is 0 Å². The monoisotopic (exact) mass is 255 g/mol. The zero-order valence-corrected chi connectivity index (χ0v) is 10.8. The Morgan fingerprint density at radius 3 is 3.11 bits per heavy atom. The van der Waals surface area contributed by atoms with Crippen molar-refractivity contribution in [1.82, 2.24) is 9.97 Å². The predicted molar refractivity (Wildman–Crippen MR) is 74.0 cm³/mol. The van der Waals surface area contributed by atoms with Gasteiger partial charge in [-0.1, -0.05) is 18.2 Å². The van der Waals surface area contributed by atoms with Crippen molar-refractivity contribution in [3.8, 4) is 0 Å². The number of H-pyrrole nitrogens is 1. The second kappa shape index (κ2) is 5.26. The van der Waals surface area contributed by atoms with E-state index in [9.17, 15) is 4.79 Å². The van der Waals surface area contributed by atoms with Crippen LogP contribution in [-0.2, 0) is 17.6 Å². The molecule has 0 spiro atoms. The number of aromatic nitrogens is 2. The SMILES string of the molecule is O=C(CCc1cnc[nH]1)N1CCCc2ccccc21. The number of fused-ring (bicyclic) bond motifs is 1. The first kappa shape index (κ1) is 12.0. The number of aromatic amines is 1. The standard InChI is InChI=1S/C15H17N3O/c19-15(8-7-13-10-16-11-17-13)18-9-3-5-12-4-1-2-6-14(12)18/h1-2,4,6,10-11H,3,5,7-9H2,(H,16,17). The Balaban J connectivity index is 1.71. The Bertz CT molecular complexity index is 563. The normalized spacial score (nSPS) is 14.2. The van der Waals surface area contributed by atoms with Crippen LogP contribution >= 0.6 is 0 Å². The maximum absolute atomic E-state index is 12.3. The van der Waals surface area contributed by atoms with E-state index in [0.717, 1.165) is 37.2 Å². The number of hydrogen-bond acceptors (Lipinski definition) is 2. The molecule has 1 aromatic carbocycles. The third-order valence-corrected chi connectivity index (χ3v) is 3.57. The number of carbonyl (C=O) groups is 1. The van der Waals surface area contributed by atoms with Gasteiger partial charge in [-0.3, -0.25) is 4.79 Å². The molecule has 0 fully saturated rings. The quantitative estimate of drug-likeness (QED) is 0.915. The molecule has 0 saturated carbocycles. The molecule has 2 heterocycles. The average molecular weight is 255 g/mol. The fraction of sp³-hybridized carbons (Fsp3) is 0.333. The molecule has 4 nitrogen and oxygen atoms in total. The number of benzene rings is 1. The van der Waals surface area contributed by atoms with Crippen LogP contribution in [-0.4, -0.2) is 22.4 Å². The first-order valence-electron chi connectivity index (χ1n) is 6.70. The van der Waals surface area contributed by atoms with Crippen molar-refractivity contribution in [2.45, 2.75) is 25.7 Å². The fourth-order valence-corrected chi connectivity index (χ4v) is 2.59. The molecule has 2 aromatic rings. The molecule has 4 heteroatoms. The number of nitrogens with one attached hydrogen (secondary N) is 1. The van der Waals surface area contributed by atoms with Crippen LogP contribution in [0.2, 0.25) is 0 Å². The van der Waals surface area contributed by atoms with Gasteiger partial charge in [0.2, 0.25) is 5.91 Å². The van der Waals surface area contributed by atoms with Crippen molar-refractivity contribution in [2.24, 2.45) is 0 Å². The van der Waals surface area contributed by atoms with Crippen LogP contribution in [0.4, 0.5) is 5.69 Å². The zero-order chi connectivity index (χ0) is 13.1. The first-order chi connectivity index (χ1) is 9.34. The molecule has 1 amide bonds. The molecule has 0 bridgehead atoms. The van der Waals surface area contributed by atoms with Crippen LogP contribution < -0.4 is 4.90 Å². The lowest BCUT2D eigenvalue weighted by atomic mass is 10.0. The molecule has 1 aliphatic heterocycles. The predicted octanol–water partition coefficient (Wildman–Crippen LogP) is 2.32. The van der Waals surface area contributed by atoms with Crippen molar-refractivity contribution in [3.63, 3.8) is 0 Å². The molecule has 98 valence electrons. The van der Waals surface area contributed by atoms with Crippen molar-refractivity contribution < 1.29 is 4.79 Å². The highest BCUT2D eigenvalue weighted by Crippen LogP contribution is 2.27. The van der Waals surface area contributed by atoms with E-state index in [1.165, 1.54) is 5.56 Å². The highest BCUT2D eigenvalue weighted by molar-refractivity contribution is 5.94. The molecule has 0 saturated heterocycles. The van der Waals surface area contributed by atoms with E-state index in [4.69, 9.17) is 0 Å². The van der Waals surface area contributed by atoms with E-state index in [0.29, 0.717) is 6.42 Å². The average Bonchev–Trinajstić information content (AvgIpc) is 2.97. The van der Waals surface area contributed by atoms with Gasteiger partial charge in [0.1, 0.15) is 0 Å². The summed E-state index contributed by atoms with van der Waals surface area (Å²) in [5, 5.41) is 0. The van der Waals surface area contributed by atoms with E-state index >= 15 is 0 Å². The molecular weight excluding hydrogens is 238 g/mol. The number of carbonyl (C=O) groups excluding carboxylic acids is 1. The third-order valence-electron chi connectivity index (χ3n) is 3.57. The zero-order valence-electron chi connectivity index (χ0n) is 10.8. The summed E-state index contributed by atoms with van der Waals surface area (Å²) in [6.07, 6.45) is 6.79. The number of hydrogen-bond donors (Lipinski definition) is 1. The summed E-state index contributed by atoms with van der Waals surface area (Å²) < 4.78 is 0. The van der Waals surface area contributed by atoms with Gasteiger partial charge in [-0.2, -0.15) is 0 Å². The van der Waals surface area contributed by atoms with Crippen molar-refractivity contribution in [2.75, 3.05) is 11.4 Å². The largest absolute Gasteiger partial charge is 0.348 e. The Hall–Kier alpha value is -2.10. The molecule has 3 rings (SSSR count). The van der Waals surface area contributed by atoms with Gasteiger partial charge in [0.15, 0.2) is 0 Å². The molecule has 1 aromatic heterocycles. The Labute approximate surface area is 112 Å². The Morgan fingerprint density at radius 2 is 2.26 bits per heavy atom. The Kier molecular flexibility index (Phi) is 3.31. The van der Waals surface area contributed by atoms with Crippen LogP contribution in [0.25, 0.3) is 0 Å². The third kappa shape index (κ3) is 2.52. The molecule has 19 heavy (non-hydrogen) atoms. The van der Waals surface area contributed by atoms with Crippen LogP contribution in [0.15, 0.2) is 36.8 Å². The molecule has 0 atom stereocenters. The van der Waals surface area contributed by atoms with Gasteiger partial charge in [0.25, 0.3) is 0 Å². The van der Waals surface area contributed by atoms with Gasteiger partial charge < -0.3 is 9.88 Å². The second-order valence-electron chi connectivity index (χ2n) is 4.85. The van der Waals surface area contributed by atoms with Gasteiger partial charge in [0, 0.05) is 30.5 Å². The van der Waals surface area contributed by atoms with Crippen LogP contribution in [0.5, 0.6) is 0 Å². The highest BCUT2D eigenvalue weighted by atomic mass is 16.2. The summed E-state index contributed by atoms with van der Waals surface area (Å²) in [6.45, 7) is 0.832. The minimum Gasteiger partial charge on any atom is -0.348 e. The number of anilines is 1. The van der Waals surface area contributed by atoms with E-state index in [1.54, 1.807) is 12.5 Å². The number of rotatable bonds is 3. The summed E-state index contributed by atoms with van der Waals surface area (Å²) >= 11 is 0. The van der Waals surface area contributed by atoms with Gasteiger partial charge in [-0.05, 0) is 30.9 Å². The molecule has 1 N–H and O–H groups in total. The molecular formula is C15H17N3O. The minimum absolute atomic E-state index is 0.196.